The minimum atomic E-state index is -3.93. The summed E-state index contributed by atoms with van der Waals surface area (Å²) in [4.78, 5) is 13.8. The summed E-state index contributed by atoms with van der Waals surface area (Å²) in [6.07, 6.45) is 2.04. The molecule has 0 amide bonds. The van der Waals surface area contributed by atoms with Gasteiger partial charge in [0.25, 0.3) is 0 Å². The lowest BCUT2D eigenvalue weighted by molar-refractivity contribution is 0.103. The maximum absolute atomic E-state index is 13.7. The molecule has 0 aliphatic carbocycles. The highest BCUT2D eigenvalue weighted by molar-refractivity contribution is 7.90. The molecule has 0 fully saturated rings. The first-order chi connectivity index (χ1) is 15.0. The minimum absolute atomic E-state index is 0.0390. The lowest BCUT2D eigenvalue weighted by Crippen LogP contribution is -2.16. The van der Waals surface area contributed by atoms with Crippen molar-refractivity contribution in [3.8, 4) is 5.88 Å². The lowest BCUT2D eigenvalue weighted by Gasteiger charge is -2.17. The molecule has 0 saturated heterocycles. The van der Waals surface area contributed by atoms with E-state index in [1.165, 1.54) is 16.8 Å². The highest BCUT2D eigenvalue weighted by Gasteiger charge is 2.29. The number of carbonyl (C=O) groups is 1. The Morgan fingerprint density at radius 1 is 1.03 bits per heavy atom. The monoisotopic (exact) mass is 496 g/mol. The van der Waals surface area contributed by atoms with Crippen molar-refractivity contribution in [2.24, 2.45) is 5.92 Å². The summed E-state index contributed by atoms with van der Waals surface area (Å²) in [7, 11) is -7.49. The van der Waals surface area contributed by atoms with Crippen LogP contribution in [0.3, 0.4) is 0 Å². The van der Waals surface area contributed by atoms with E-state index in [1.54, 1.807) is 13.8 Å². The molecule has 0 radical (unpaired) electrons. The fraction of sp³-hybridized carbons (Fsp3) is 0.478. The molecule has 0 N–H and O–H groups in total. The van der Waals surface area contributed by atoms with Gasteiger partial charge in [0.2, 0.25) is 11.7 Å². The number of hydrogen-bond acceptors (Lipinski definition) is 7. The van der Waals surface area contributed by atoms with E-state index in [2.05, 4.69) is 5.10 Å². The highest BCUT2D eigenvalue weighted by atomic mass is 32.2. The molecule has 2 aromatic rings. The molecule has 2 rings (SSSR count). The van der Waals surface area contributed by atoms with E-state index < -0.39 is 25.7 Å². The second kappa shape index (κ2) is 9.42. The summed E-state index contributed by atoms with van der Waals surface area (Å²) in [5.41, 5.74) is 3.24. The highest BCUT2D eigenvalue weighted by Crippen LogP contribution is 2.34. The Morgan fingerprint density at radius 2 is 1.61 bits per heavy atom. The van der Waals surface area contributed by atoms with Crippen molar-refractivity contribution < 1.29 is 25.8 Å². The number of ketones is 1. The third kappa shape index (κ3) is 5.92. The van der Waals surface area contributed by atoms with Crippen molar-refractivity contribution in [1.82, 2.24) is 9.78 Å². The zero-order valence-electron chi connectivity index (χ0n) is 20.6. The first kappa shape index (κ1) is 26.8. The van der Waals surface area contributed by atoms with Crippen LogP contribution in [0.15, 0.2) is 22.6 Å². The van der Waals surface area contributed by atoms with Gasteiger partial charge in [0, 0.05) is 18.4 Å². The van der Waals surface area contributed by atoms with Crippen LogP contribution < -0.4 is 4.18 Å². The standard InChI is InChI=1S/C23H32N2O6S2/c1-13(2)12-25-23(31-33(9,29)30)21(17(7)24-25)22(26)18-10-11-19(32(8,27)28)20(16(18)6)15(5)14(3)4/h10-11,13H,12H2,1-9H3. The largest absolute Gasteiger partial charge is 0.361 e. The molecule has 1 heterocycles. The molecule has 0 bridgehead atoms. The number of carbonyl (C=O) groups excluding carboxylic acids is 1. The molecule has 0 atom stereocenters. The molecule has 1 aromatic heterocycles. The Kier molecular flexibility index (Phi) is 7.65. The van der Waals surface area contributed by atoms with E-state index in [9.17, 15) is 21.6 Å². The van der Waals surface area contributed by atoms with E-state index >= 15 is 0 Å². The number of rotatable bonds is 8. The van der Waals surface area contributed by atoms with E-state index in [1.807, 2.05) is 34.6 Å². The van der Waals surface area contributed by atoms with Gasteiger partial charge in [-0.1, -0.05) is 19.4 Å². The quantitative estimate of drug-likeness (QED) is 0.402. The first-order valence-electron chi connectivity index (χ1n) is 10.4. The SMILES string of the molecule is CC(C)=C(C)c1c(S(C)(=O)=O)ccc(C(=O)c2c(C)nn(CC(C)C)c2OS(C)(=O)=O)c1C. The van der Waals surface area contributed by atoms with E-state index in [4.69, 9.17) is 4.18 Å². The fourth-order valence-electron chi connectivity index (χ4n) is 3.61. The first-order valence-corrected chi connectivity index (χ1v) is 14.2. The van der Waals surface area contributed by atoms with E-state index in [0.29, 0.717) is 23.4 Å². The van der Waals surface area contributed by atoms with E-state index in [-0.39, 0.29) is 27.8 Å². The van der Waals surface area contributed by atoms with Gasteiger partial charge in [0.15, 0.2) is 9.84 Å². The van der Waals surface area contributed by atoms with Crippen molar-refractivity contribution in [2.45, 2.75) is 59.9 Å². The zero-order chi connectivity index (χ0) is 25.5. The van der Waals surface area contributed by atoms with Crippen molar-refractivity contribution in [2.75, 3.05) is 12.5 Å². The molecule has 0 saturated carbocycles. The minimum Gasteiger partial charge on any atom is -0.361 e. The predicted octanol–water partition coefficient (Wildman–Crippen LogP) is 3.94. The molecule has 8 nitrogen and oxygen atoms in total. The summed E-state index contributed by atoms with van der Waals surface area (Å²) < 4.78 is 55.4. The molecule has 0 aliphatic rings. The lowest BCUT2D eigenvalue weighted by atomic mass is 9.91. The van der Waals surface area contributed by atoms with Gasteiger partial charge in [-0.15, -0.1) is 0 Å². The third-order valence-electron chi connectivity index (χ3n) is 5.27. The number of aryl methyl sites for hydroxylation is 1. The second-order valence-corrected chi connectivity index (χ2v) is 12.5. The van der Waals surface area contributed by atoms with Gasteiger partial charge < -0.3 is 4.18 Å². The van der Waals surface area contributed by atoms with Crippen molar-refractivity contribution in [3.05, 3.63) is 45.7 Å². The van der Waals surface area contributed by atoms with Gasteiger partial charge in [0.1, 0.15) is 5.56 Å². The van der Waals surface area contributed by atoms with Gasteiger partial charge in [-0.2, -0.15) is 13.5 Å². The second-order valence-electron chi connectivity index (χ2n) is 8.97. The van der Waals surface area contributed by atoms with Crippen molar-refractivity contribution in [3.63, 3.8) is 0 Å². The van der Waals surface area contributed by atoms with Crippen LogP contribution in [-0.4, -0.2) is 44.9 Å². The third-order valence-corrected chi connectivity index (χ3v) is 6.87. The van der Waals surface area contributed by atoms with Crippen LogP contribution in [0.25, 0.3) is 5.57 Å². The number of benzene rings is 1. The number of nitrogens with zero attached hydrogens (tertiary/aromatic N) is 2. The molecule has 10 heteroatoms. The van der Waals surface area contributed by atoms with Crippen LogP contribution >= 0.6 is 0 Å². The summed E-state index contributed by atoms with van der Waals surface area (Å²) in [5, 5.41) is 4.35. The molecule has 0 unspecified atom stereocenters. The molecule has 1 aromatic carbocycles. The van der Waals surface area contributed by atoms with Crippen molar-refractivity contribution >= 4 is 31.3 Å². The van der Waals surface area contributed by atoms with E-state index in [0.717, 1.165) is 23.7 Å². The van der Waals surface area contributed by atoms with Gasteiger partial charge in [0.05, 0.1) is 16.8 Å². The number of aromatic nitrogens is 2. The maximum atomic E-state index is 13.7. The Bertz CT molecular complexity index is 1340. The Balaban J connectivity index is 2.86. The number of sulfone groups is 1. The van der Waals surface area contributed by atoms with Crippen LogP contribution in [0.4, 0.5) is 0 Å². The predicted molar refractivity (Wildman–Crippen MR) is 129 cm³/mol. The summed E-state index contributed by atoms with van der Waals surface area (Å²) >= 11 is 0. The number of allylic oxidation sites excluding steroid dienone is 2. The molecule has 0 aliphatic heterocycles. The van der Waals surface area contributed by atoms with Crippen LogP contribution in [-0.2, 0) is 26.5 Å². The molecular formula is C23H32N2O6S2. The van der Waals surface area contributed by atoms with Gasteiger partial charge in [-0.05, 0) is 69.4 Å². The summed E-state index contributed by atoms with van der Waals surface area (Å²) in [6.45, 7) is 13.1. The van der Waals surface area contributed by atoms with Crippen LogP contribution in [0.5, 0.6) is 5.88 Å². The Hall–Kier alpha value is -2.46. The van der Waals surface area contributed by atoms with Gasteiger partial charge in [-0.25, -0.2) is 13.1 Å². The maximum Gasteiger partial charge on any atom is 0.307 e. The average molecular weight is 497 g/mol. The van der Waals surface area contributed by atoms with Crippen LogP contribution in [0.1, 0.15) is 67.4 Å². The summed E-state index contributed by atoms with van der Waals surface area (Å²) in [6, 6.07) is 2.88. The average Bonchev–Trinajstić information content (AvgIpc) is 2.91. The summed E-state index contributed by atoms with van der Waals surface area (Å²) in [5.74, 6) is -0.501. The van der Waals surface area contributed by atoms with Gasteiger partial charge >= 0.3 is 10.1 Å². The Morgan fingerprint density at radius 3 is 2.06 bits per heavy atom. The number of hydrogen-bond donors (Lipinski definition) is 0. The zero-order valence-corrected chi connectivity index (χ0v) is 22.2. The van der Waals surface area contributed by atoms with Crippen LogP contribution in [0, 0.1) is 19.8 Å². The van der Waals surface area contributed by atoms with Crippen molar-refractivity contribution in [1.29, 1.82) is 0 Å². The normalized spacial score (nSPS) is 12.2. The smallest absolute Gasteiger partial charge is 0.307 e. The molecule has 33 heavy (non-hydrogen) atoms. The van der Waals surface area contributed by atoms with Gasteiger partial charge in [-0.3, -0.25) is 4.79 Å². The van der Waals surface area contributed by atoms with Crippen LogP contribution in [0.2, 0.25) is 0 Å². The molecular weight excluding hydrogens is 464 g/mol. The molecule has 0 spiro atoms. The topological polar surface area (TPSA) is 112 Å². The fourth-order valence-corrected chi connectivity index (χ4v) is 5.06. The Labute approximate surface area is 196 Å². The molecule has 182 valence electrons.